The molecule has 4 N–H and O–H groups in total. The van der Waals surface area contributed by atoms with Gasteiger partial charge in [0.1, 0.15) is 0 Å². The zero-order valence-corrected chi connectivity index (χ0v) is 8.40. The Hall–Kier alpha value is -0.120. The van der Waals surface area contributed by atoms with Crippen molar-refractivity contribution < 1.29 is 0 Å². The number of hydrogen-bond donors (Lipinski definition) is 3. The average Bonchev–Trinajstić information content (AvgIpc) is 2.19. The standard InChI is InChI=1S/C7H17N3.C2H6/c8-10-6-4-7-3-1-2-5-9-7;1-2/h7,9-10H,1-6,8H2;1-2H3. The molecule has 1 unspecified atom stereocenters. The molecule has 0 aromatic rings. The van der Waals surface area contributed by atoms with Gasteiger partial charge in [-0.25, -0.2) is 0 Å². The molecule has 0 saturated carbocycles. The van der Waals surface area contributed by atoms with Gasteiger partial charge in [0.2, 0.25) is 0 Å². The highest BCUT2D eigenvalue weighted by molar-refractivity contribution is 4.71. The average molecular weight is 173 g/mol. The van der Waals surface area contributed by atoms with Crippen LogP contribution >= 0.6 is 0 Å². The van der Waals surface area contributed by atoms with Crippen molar-refractivity contribution in [2.24, 2.45) is 5.84 Å². The summed E-state index contributed by atoms with van der Waals surface area (Å²) in [6.45, 7) is 6.12. The Bertz CT molecular complexity index is 79.8. The first-order chi connectivity index (χ1) is 5.93. The Morgan fingerprint density at radius 2 is 2.17 bits per heavy atom. The van der Waals surface area contributed by atoms with E-state index in [1.165, 1.54) is 25.8 Å². The fourth-order valence-electron chi connectivity index (χ4n) is 1.43. The molecule has 74 valence electrons. The summed E-state index contributed by atoms with van der Waals surface area (Å²) in [7, 11) is 0. The Labute approximate surface area is 76.1 Å². The number of hydrazine groups is 1. The summed E-state index contributed by atoms with van der Waals surface area (Å²) >= 11 is 0. The van der Waals surface area contributed by atoms with Crippen molar-refractivity contribution in [2.75, 3.05) is 13.1 Å². The van der Waals surface area contributed by atoms with Gasteiger partial charge in [-0.15, -0.1) is 0 Å². The Balaban J connectivity index is 0.000000561. The summed E-state index contributed by atoms with van der Waals surface area (Å²) in [6.07, 6.45) is 5.20. The molecular weight excluding hydrogens is 150 g/mol. The molecule has 0 bridgehead atoms. The monoisotopic (exact) mass is 173 g/mol. The summed E-state index contributed by atoms with van der Waals surface area (Å²) < 4.78 is 0. The molecule has 1 heterocycles. The Morgan fingerprint density at radius 1 is 1.42 bits per heavy atom. The normalized spacial score (nSPS) is 22.8. The second-order valence-electron chi connectivity index (χ2n) is 2.89. The maximum absolute atomic E-state index is 5.17. The molecule has 3 nitrogen and oxygen atoms in total. The summed E-state index contributed by atoms with van der Waals surface area (Å²) in [5.41, 5.74) is 2.67. The summed E-state index contributed by atoms with van der Waals surface area (Å²) in [4.78, 5) is 0. The van der Waals surface area contributed by atoms with Crippen LogP contribution in [0.1, 0.15) is 39.5 Å². The lowest BCUT2D eigenvalue weighted by Crippen LogP contribution is -2.37. The van der Waals surface area contributed by atoms with Gasteiger partial charge in [-0.2, -0.15) is 0 Å². The van der Waals surface area contributed by atoms with Crippen LogP contribution in [0.15, 0.2) is 0 Å². The van der Waals surface area contributed by atoms with Gasteiger partial charge in [0.15, 0.2) is 0 Å². The van der Waals surface area contributed by atoms with Crippen LogP contribution in [0.4, 0.5) is 0 Å². The molecule has 12 heavy (non-hydrogen) atoms. The Morgan fingerprint density at radius 3 is 2.67 bits per heavy atom. The van der Waals surface area contributed by atoms with E-state index >= 15 is 0 Å². The largest absolute Gasteiger partial charge is 0.314 e. The van der Waals surface area contributed by atoms with Gasteiger partial charge in [0, 0.05) is 12.6 Å². The summed E-state index contributed by atoms with van der Waals surface area (Å²) in [6, 6.07) is 0.713. The predicted molar refractivity (Wildman–Crippen MR) is 53.8 cm³/mol. The molecule has 0 spiro atoms. The minimum atomic E-state index is 0.713. The van der Waals surface area contributed by atoms with Crippen molar-refractivity contribution >= 4 is 0 Å². The molecule has 1 rings (SSSR count). The third-order valence-electron chi connectivity index (χ3n) is 2.05. The SMILES string of the molecule is CC.NNCCC1CCCCN1. The minimum absolute atomic E-state index is 0.713. The highest BCUT2D eigenvalue weighted by atomic mass is 15.2. The zero-order valence-electron chi connectivity index (χ0n) is 8.40. The quantitative estimate of drug-likeness (QED) is 0.441. The fourth-order valence-corrected chi connectivity index (χ4v) is 1.43. The van der Waals surface area contributed by atoms with E-state index in [4.69, 9.17) is 5.84 Å². The molecule has 0 aromatic heterocycles. The van der Waals surface area contributed by atoms with Crippen molar-refractivity contribution in [3.63, 3.8) is 0 Å². The third-order valence-corrected chi connectivity index (χ3v) is 2.05. The minimum Gasteiger partial charge on any atom is -0.314 e. The summed E-state index contributed by atoms with van der Waals surface area (Å²) in [5.74, 6) is 5.17. The van der Waals surface area contributed by atoms with Crippen LogP contribution in [-0.4, -0.2) is 19.1 Å². The van der Waals surface area contributed by atoms with E-state index in [9.17, 15) is 0 Å². The highest BCUT2D eigenvalue weighted by Gasteiger charge is 2.10. The molecule has 1 aliphatic rings. The fraction of sp³-hybridized carbons (Fsp3) is 1.00. The van der Waals surface area contributed by atoms with Gasteiger partial charge >= 0.3 is 0 Å². The maximum Gasteiger partial charge on any atom is 0.0112 e. The molecule has 1 saturated heterocycles. The predicted octanol–water partition coefficient (Wildman–Crippen LogP) is 1.01. The van der Waals surface area contributed by atoms with Crippen LogP contribution in [0.25, 0.3) is 0 Å². The van der Waals surface area contributed by atoms with Gasteiger partial charge in [0.25, 0.3) is 0 Å². The molecule has 0 amide bonds. The topological polar surface area (TPSA) is 50.1 Å². The third kappa shape index (κ3) is 5.52. The van der Waals surface area contributed by atoms with Crippen LogP contribution < -0.4 is 16.6 Å². The van der Waals surface area contributed by atoms with Crippen LogP contribution in [-0.2, 0) is 0 Å². The van der Waals surface area contributed by atoms with Gasteiger partial charge in [-0.3, -0.25) is 11.3 Å². The lowest BCUT2D eigenvalue weighted by atomic mass is 10.0. The first-order valence-corrected chi connectivity index (χ1v) is 5.10. The lowest BCUT2D eigenvalue weighted by molar-refractivity contribution is 0.377. The van der Waals surface area contributed by atoms with Gasteiger partial charge in [-0.1, -0.05) is 20.3 Å². The van der Waals surface area contributed by atoms with E-state index in [2.05, 4.69) is 10.7 Å². The number of rotatable bonds is 3. The van der Waals surface area contributed by atoms with E-state index in [1.807, 2.05) is 13.8 Å². The van der Waals surface area contributed by atoms with Crippen LogP contribution in [0.2, 0.25) is 0 Å². The Kier molecular flexibility index (Phi) is 8.88. The molecule has 0 aliphatic carbocycles. The smallest absolute Gasteiger partial charge is 0.0112 e. The first-order valence-electron chi connectivity index (χ1n) is 5.10. The summed E-state index contributed by atoms with van der Waals surface area (Å²) in [5, 5.41) is 3.46. The molecule has 0 radical (unpaired) electrons. The second-order valence-corrected chi connectivity index (χ2v) is 2.89. The molecule has 0 aromatic carbocycles. The zero-order chi connectivity index (χ0) is 9.23. The van der Waals surface area contributed by atoms with E-state index in [0.29, 0.717) is 6.04 Å². The first kappa shape index (κ1) is 11.9. The molecule has 1 aliphatic heterocycles. The second kappa shape index (κ2) is 8.97. The van der Waals surface area contributed by atoms with Gasteiger partial charge in [-0.05, 0) is 25.8 Å². The van der Waals surface area contributed by atoms with Crippen molar-refractivity contribution in [3.8, 4) is 0 Å². The van der Waals surface area contributed by atoms with Crippen molar-refractivity contribution in [2.45, 2.75) is 45.6 Å². The van der Waals surface area contributed by atoms with E-state index in [1.54, 1.807) is 0 Å². The maximum atomic E-state index is 5.17. The molecular formula is C9H23N3. The van der Waals surface area contributed by atoms with Gasteiger partial charge < -0.3 is 5.32 Å². The number of nitrogens with one attached hydrogen (secondary N) is 2. The van der Waals surface area contributed by atoms with Crippen molar-refractivity contribution in [3.05, 3.63) is 0 Å². The molecule has 1 atom stereocenters. The molecule has 1 fully saturated rings. The lowest BCUT2D eigenvalue weighted by Gasteiger charge is -2.22. The van der Waals surface area contributed by atoms with E-state index in [-0.39, 0.29) is 0 Å². The number of hydrogen-bond acceptors (Lipinski definition) is 3. The molecule has 3 heteroatoms. The van der Waals surface area contributed by atoms with Crippen molar-refractivity contribution in [1.29, 1.82) is 0 Å². The highest BCUT2D eigenvalue weighted by Crippen LogP contribution is 2.08. The number of piperidine rings is 1. The van der Waals surface area contributed by atoms with Gasteiger partial charge in [0.05, 0.1) is 0 Å². The van der Waals surface area contributed by atoms with E-state index < -0.39 is 0 Å². The van der Waals surface area contributed by atoms with Crippen LogP contribution in [0.3, 0.4) is 0 Å². The van der Waals surface area contributed by atoms with Crippen LogP contribution in [0, 0.1) is 0 Å². The van der Waals surface area contributed by atoms with Crippen LogP contribution in [0.5, 0.6) is 0 Å². The van der Waals surface area contributed by atoms with E-state index in [0.717, 1.165) is 13.0 Å². The number of nitrogens with two attached hydrogens (primary N) is 1. The van der Waals surface area contributed by atoms with Crippen molar-refractivity contribution in [1.82, 2.24) is 10.7 Å².